The maximum Gasteiger partial charge on any atom is 0.352 e. The summed E-state index contributed by atoms with van der Waals surface area (Å²) < 4.78 is 7.18. The van der Waals surface area contributed by atoms with Gasteiger partial charge in [0.05, 0.1) is 6.26 Å². The third kappa shape index (κ3) is 2.64. The zero-order valence-electron chi connectivity index (χ0n) is 10.4. The second-order valence-electron chi connectivity index (χ2n) is 4.28. The topological polar surface area (TPSA) is 55.4 Å². The Hall–Kier alpha value is -1.97. The lowest BCUT2D eigenvalue weighted by molar-refractivity contribution is 0.0684. The van der Waals surface area contributed by atoms with Crippen molar-refractivity contribution in [2.45, 2.75) is 32.7 Å². The van der Waals surface area contributed by atoms with E-state index >= 15 is 0 Å². The maximum atomic E-state index is 11.2. The van der Waals surface area contributed by atoms with Crippen molar-refractivity contribution in [1.29, 1.82) is 0 Å². The normalized spacial score (nSPS) is 10.7. The number of furan rings is 1. The molecule has 0 aliphatic carbocycles. The summed E-state index contributed by atoms with van der Waals surface area (Å²) in [5.41, 5.74) is 1.33. The van der Waals surface area contributed by atoms with Gasteiger partial charge in [0.15, 0.2) is 0 Å². The molecule has 0 aromatic carbocycles. The Kier molecular flexibility index (Phi) is 3.87. The van der Waals surface area contributed by atoms with Gasteiger partial charge in [-0.15, -0.1) is 0 Å². The summed E-state index contributed by atoms with van der Waals surface area (Å²) >= 11 is 0. The molecule has 0 radical (unpaired) electrons. The highest BCUT2D eigenvalue weighted by Gasteiger charge is 2.14. The molecular weight excluding hydrogens is 230 g/mol. The van der Waals surface area contributed by atoms with E-state index < -0.39 is 5.97 Å². The number of unbranched alkanes of at least 4 members (excludes halogenated alkanes) is 1. The fourth-order valence-corrected chi connectivity index (χ4v) is 2.02. The Morgan fingerprint density at radius 1 is 1.39 bits per heavy atom. The van der Waals surface area contributed by atoms with Crippen LogP contribution in [0.15, 0.2) is 34.9 Å². The van der Waals surface area contributed by atoms with Gasteiger partial charge >= 0.3 is 5.97 Å². The minimum Gasteiger partial charge on any atom is -0.477 e. The van der Waals surface area contributed by atoms with Crippen LogP contribution < -0.4 is 0 Å². The van der Waals surface area contributed by atoms with Crippen molar-refractivity contribution >= 4 is 5.97 Å². The van der Waals surface area contributed by atoms with Gasteiger partial charge in [-0.05, 0) is 30.7 Å². The smallest absolute Gasteiger partial charge is 0.352 e. The highest BCUT2D eigenvalue weighted by atomic mass is 16.4. The highest BCUT2D eigenvalue weighted by molar-refractivity contribution is 5.86. The van der Waals surface area contributed by atoms with Gasteiger partial charge in [-0.1, -0.05) is 13.3 Å². The van der Waals surface area contributed by atoms with Crippen molar-refractivity contribution in [3.63, 3.8) is 0 Å². The molecule has 0 amide bonds. The number of rotatable bonds is 6. The minimum absolute atomic E-state index is 0.352. The summed E-state index contributed by atoms with van der Waals surface area (Å²) in [5.74, 6) is -0.0282. The molecule has 0 fully saturated rings. The Morgan fingerprint density at radius 2 is 2.22 bits per heavy atom. The Balaban J connectivity index is 2.25. The van der Waals surface area contributed by atoms with Gasteiger partial charge in [-0.25, -0.2) is 4.79 Å². The summed E-state index contributed by atoms with van der Waals surface area (Å²) in [6.45, 7) is 2.83. The molecule has 0 saturated carbocycles. The van der Waals surface area contributed by atoms with Crippen LogP contribution in [0.4, 0.5) is 0 Å². The molecule has 1 N–H and O–H groups in total. The molecule has 0 atom stereocenters. The average Bonchev–Trinajstić information content (AvgIpc) is 2.96. The van der Waals surface area contributed by atoms with Crippen LogP contribution in [-0.2, 0) is 13.0 Å². The second kappa shape index (κ2) is 5.58. The number of aromatic nitrogens is 1. The summed E-state index contributed by atoms with van der Waals surface area (Å²) in [4.78, 5) is 11.2. The summed E-state index contributed by atoms with van der Waals surface area (Å²) in [5, 5.41) is 9.16. The standard InChI is InChI=1S/C14H17NO3/c1-2-3-8-15-11(6-7-13(15)14(16)17)10-12-5-4-9-18-12/h4-7,9H,2-3,8,10H2,1H3,(H,16,17). The molecule has 2 aromatic rings. The maximum absolute atomic E-state index is 11.2. The Morgan fingerprint density at radius 3 is 2.83 bits per heavy atom. The molecule has 4 heteroatoms. The number of carbonyl (C=O) groups is 1. The lowest BCUT2D eigenvalue weighted by atomic mass is 10.2. The number of hydrogen-bond donors (Lipinski definition) is 1. The molecule has 0 spiro atoms. The van der Waals surface area contributed by atoms with Crippen molar-refractivity contribution < 1.29 is 14.3 Å². The van der Waals surface area contributed by atoms with Crippen molar-refractivity contribution in [2.75, 3.05) is 0 Å². The van der Waals surface area contributed by atoms with E-state index in [1.54, 1.807) is 12.3 Å². The molecule has 96 valence electrons. The van der Waals surface area contributed by atoms with Gasteiger partial charge in [0, 0.05) is 18.7 Å². The number of carboxylic acids is 1. The number of nitrogens with zero attached hydrogens (tertiary/aromatic N) is 1. The molecular formula is C14H17NO3. The average molecular weight is 247 g/mol. The SMILES string of the molecule is CCCCn1c(Cc2ccco2)ccc1C(=O)O. The quantitative estimate of drug-likeness (QED) is 0.853. The van der Waals surface area contributed by atoms with Crippen LogP contribution in [0.5, 0.6) is 0 Å². The Bertz CT molecular complexity index is 511. The predicted octanol–water partition coefficient (Wildman–Crippen LogP) is 3.17. The van der Waals surface area contributed by atoms with Crippen LogP contribution in [0, 0.1) is 0 Å². The minimum atomic E-state index is -0.878. The first kappa shape index (κ1) is 12.5. The van der Waals surface area contributed by atoms with Gasteiger partial charge < -0.3 is 14.1 Å². The third-order valence-electron chi connectivity index (χ3n) is 2.96. The van der Waals surface area contributed by atoms with Gasteiger partial charge in [0.2, 0.25) is 0 Å². The first-order valence-electron chi connectivity index (χ1n) is 6.16. The van der Waals surface area contributed by atoms with Crippen LogP contribution in [0.25, 0.3) is 0 Å². The third-order valence-corrected chi connectivity index (χ3v) is 2.96. The van der Waals surface area contributed by atoms with Crippen molar-refractivity contribution in [1.82, 2.24) is 4.57 Å². The lowest BCUT2D eigenvalue weighted by Crippen LogP contribution is -2.11. The van der Waals surface area contributed by atoms with Crippen LogP contribution in [0.2, 0.25) is 0 Å². The van der Waals surface area contributed by atoms with Gasteiger partial charge in [0.1, 0.15) is 11.5 Å². The van der Waals surface area contributed by atoms with E-state index in [4.69, 9.17) is 9.52 Å². The molecule has 0 saturated heterocycles. The summed E-state index contributed by atoms with van der Waals surface area (Å²) in [6, 6.07) is 7.27. The molecule has 4 nitrogen and oxygen atoms in total. The van der Waals surface area contributed by atoms with E-state index in [1.807, 2.05) is 22.8 Å². The number of hydrogen-bond acceptors (Lipinski definition) is 2. The first-order chi connectivity index (χ1) is 8.72. The zero-order valence-corrected chi connectivity index (χ0v) is 10.4. The Labute approximate surface area is 106 Å². The predicted molar refractivity (Wildman–Crippen MR) is 67.8 cm³/mol. The van der Waals surface area contributed by atoms with Gasteiger partial charge in [-0.3, -0.25) is 0 Å². The van der Waals surface area contributed by atoms with E-state index in [-0.39, 0.29) is 0 Å². The van der Waals surface area contributed by atoms with E-state index in [0.717, 1.165) is 30.8 Å². The largest absolute Gasteiger partial charge is 0.477 e. The summed E-state index contributed by atoms with van der Waals surface area (Å²) in [6.07, 6.45) is 4.27. The monoisotopic (exact) mass is 247 g/mol. The molecule has 0 unspecified atom stereocenters. The van der Waals surface area contributed by atoms with Gasteiger partial charge in [0.25, 0.3) is 0 Å². The molecule has 0 aliphatic rings. The molecule has 2 rings (SSSR count). The summed E-state index contributed by atoms with van der Waals surface area (Å²) in [7, 11) is 0. The van der Waals surface area contributed by atoms with Crippen molar-refractivity contribution in [3.8, 4) is 0 Å². The van der Waals surface area contributed by atoms with Crippen molar-refractivity contribution in [3.05, 3.63) is 47.7 Å². The lowest BCUT2D eigenvalue weighted by Gasteiger charge is -2.10. The van der Waals surface area contributed by atoms with E-state index in [1.165, 1.54) is 0 Å². The molecule has 2 heterocycles. The van der Waals surface area contributed by atoms with E-state index in [0.29, 0.717) is 12.1 Å². The molecule has 0 bridgehead atoms. The number of carboxylic acid groups (broad SMARTS) is 1. The molecule has 18 heavy (non-hydrogen) atoms. The zero-order chi connectivity index (χ0) is 13.0. The van der Waals surface area contributed by atoms with Crippen molar-refractivity contribution in [2.24, 2.45) is 0 Å². The second-order valence-corrected chi connectivity index (χ2v) is 4.28. The van der Waals surface area contributed by atoms with E-state index in [2.05, 4.69) is 6.92 Å². The van der Waals surface area contributed by atoms with E-state index in [9.17, 15) is 4.79 Å². The number of aromatic carboxylic acids is 1. The van der Waals surface area contributed by atoms with Crippen LogP contribution >= 0.6 is 0 Å². The van der Waals surface area contributed by atoms with Crippen LogP contribution in [0.1, 0.15) is 41.7 Å². The van der Waals surface area contributed by atoms with Gasteiger partial charge in [-0.2, -0.15) is 0 Å². The van der Waals surface area contributed by atoms with Crippen LogP contribution in [-0.4, -0.2) is 15.6 Å². The van der Waals surface area contributed by atoms with Crippen LogP contribution in [0.3, 0.4) is 0 Å². The first-order valence-corrected chi connectivity index (χ1v) is 6.16. The molecule has 2 aromatic heterocycles. The highest BCUT2D eigenvalue weighted by Crippen LogP contribution is 2.16. The fourth-order valence-electron chi connectivity index (χ4n) is 2.02. The molecule has 0 aliphatic heterocycles. The fraction of sp³-hybridized carbons (Fsp3) is 0.357.